The highest BCUT2D eigenvalue weighted by molar-refractivity contribution is 7.98. The van der Waals surface area contributed by atoms with Crippen LogP contribution in [0.1, 0.15) is 6.42 Å². The maximum atomic E-state index is 5.60. The maximum Gasteiger partial charge on any atom is 0.193 e. The van der Waals surface area contributed by atoms with Crippen LogP contribution in [0.15, 0.2) is 4.99 Å². The van der Waals surface area contributed by atoms with Crippen LogP contribution in [0.4, 0.5) is 0 Å². The first-order valence-electron chi connectivity index (χ1n) is 6.83. The number of rotatable bonds is 8. The first-order valence-corrected chi connectivity index (χ1v) is 8.22. The lowest BCUT2D eigenvalue weighted by Crippen LogP contribution is -2.41. The van der Waals surface area contributed by atoms with Crippen molar-refractivity contribution in [2.24, 2.45) is 10.9 Å². The molecule has 112 valence electrons. The molecule has 1 aliphatic heterocycles. The van der Waals surface area contributed by atoms with E-state index in [-0.39, 0.29) is 0 Å². The second-order valence-electron chi connectivity index (χ2n) is 4.64. The van der Waals surface area contributed by atoms with Gasteiger partial charge in [-0.25, -0.2) is 0 Å². The van der Waals surface area contributed by atoms with Crippen molar-refractivity contribution in [1.29, 1.82) is 0 Å². The summed E-state index contributed by atoms with van der Waals surface area (Å²) in [5.41, 5.74) is 0. The van der Waals surface area contributed by atoms with Gasteiger partial charge in [0.2, 0.25) is 0 Å². The minimum absolute atomic E-state index is 0.607. The van der Waals surface area contributed by atoms with Gasteiger partial charge in [-0.1, -0.05) is 0 Å². The number of likely N-dealkylation sites (tertiary alicyclic amines) is 1. The van der Waals surface area contributed by atoms with Gasteiger partial charge in [-0.15, -0.1) is 0 Å². The smallest absolute Gasteiger partial charge is 0.193 e. The molecule has 1 aliphatic rings. The van der Waals surface area contributed by atoms with Crippen LogP contribution in [0.2, 0.25) is 0 Å². The average molecular weight is 289 g/mol. The highest BCUT2D eigenvalue weighted by atomic mass is 32.2. The number of methoxy groups -OCH3 is 1. The summed E-state index contributed by atoms with van der Waals surface area (Å²) in [5.74, 6) is 2.74. The quantitative estimate of drug-likeness (QED) is 0.409. The summed E-state index contributed by atoms with van der Waals surface area (Å²) in [6.45, 7) is 5.26. The second kappa shape index (κ2) is 10.3. The first-order chi connectivity index (χ1) is 9.31. The second-order valence-corrected chi connectivity index (χ2v) is 5.62. The van der Waals surface area contributed by atoms with Gasteiger partial charge in [0.1, 0.15) is 0 Å². The molecule has 1 heterocycles. The number of aliphatic imine (C=N–C) groups is 1. The molecule has 5 nitrogen and oxygen atoms in total. The number of ether oxygens (including phenoxy) is 2. The van der Waals surface area contributed by atoms with E-state index in [1.54, 1.807) is 7.11 Å². The van der Waals surface area contributed by atoms with E-state index in [1.807, 2.05) is 18.8 Å². The Morgan fingerprint density at radius 3 is 3.00 bits per heavy atom. The normalized spacial score (nSPS) is 20.1. The van der Waals surface area contributed by atoms with Crippen LogP contribution in [0, 0.1) is 5.92 Å². The van der Waals surface area contributed by atoms with Crippen molar-refractivity contribution < 1.29 is 9.47 Å². The largest absolute Gasteiger partial charge is 0.382 e. The predicted molar refractivity (Wildman–Crippen MR) is 82.1 cm³/mol. The Kier molecular flexibility index (Phi) is 9.03. The third kappa shape index (κ3) is 6.49. The molecular formula is C13H27N3O2S. The molecule has 0 spiro atoms. The number of hydrogen-bond acceptors (Lipinski definition) is 4. The fraction of sp³-hybridized carbons (Fsp3) is 0.923. The third-order valence-electron chi connectivity index (χ3n) is 3.17. The van der Waals surface area contributed by atoms with Gasteiger partial charge < -0.3 is 19.7 Å². The lowest BCUT2D eigenvalue weighted by molar-refractivity contribution is 0.0536. The van der Waals surface area contributed by atoms with Crippen LogP contribution in [0.3, 0.4) is 0 Å². The molecule has 1 saturated heterocycles. The van der Waals surface area contributed by atoms with Crippen LogP contribution in [0.25, 0.3) is 0 Å². The maximum absolute atomic E-state index is 5.60. The zero-order chi connectivity index (χ0) is 13.9. The molecule has 0 bridgehead atoms. The van der Waals surface area contributed by atoms with E-state index in [4.69, 9.17) is 9.47 Å². The Bertz CT molecular complexity index is 264. The molecule has 0 aromatic rings. The molecule has 1 N–H and O–H groups in total. The van der Waals surface area contributed by atoms with Crippen molar-refractivity contribution in [3.8, 4) is 0 Å². The van der Waals surface area contributed by atoms with Gasteiger partial charge >= 0.3 is 0 Å². The first kappa shape index (κ1) is 16.6. The molecule has 1 atom stereocenters. The zero-order valence-electron chi connectivity index (χ0n) is 12.4. The van der Waals surface area contributed by atoms with E-state index < -0.39 is 0 Å². The molecule has 1 rings (SSSR count). The monoisotopic (exact) mass is 289 g/mol. The van der Waals surface area contributed by atoms with Gasteiger partial charge in [0, 0.05) is 45.5 Å². The average Bonchev–Trinajstić information content (AvgIpc) is 2.88. The minimum atomic E-state index is 0.607. The van der Waals surface area contributed by atoms with Crippen molar-refractivity contribution >= 4 is 17.7 Å². The van der Waals surface area contributed by atoms with E-state index in [0.29, 0.717) is 19.1 Å². The van der Waals surface area contributed by atoms with Crippen LogP contribution in [0.5, 0.6) is 0 Å². The molecular weight excluding hydrogens is 262 g/mol. The topological polar surface area (TPSA) is 46.1 Å². The molecule has 19 heavy (non-hydrogen) atoms. The summed E-state index contributed by atoms with van der Waals surface area (Å²) < 4.78 is 10.6. The summed E-state index contributed by atoms with van der Waals surface area (Å²) in [6.07, 6.45) is 3.30. The molecule has 1 fully saturated rings. The van der Waals surface area contributed by atoms with Crippen molar-refractivity contribution in [2.45, 2.75) is 6.42 Å². The Balaban J connectivity index is 2.21. The van der Waals surface area contributed by atoms with Crippen molar-refractivity contribution in [3.05, 3.63) is 0 Å². The van der Waals surface area contributed by atoms with Crippen molar-refractivity contribution in [3.63, 3.8) is 0 Å². The van der Waals surface area contributed by atoms with E-state index >= 15 is 0 Å². The lowest BCUT2D eigenvalue weighted by Gasteiger charge is -2.21. The number of hydrogen-bond donors (Lipinski definition) is 1. The molecule has 0 amide bonds. The van der Waals surface area contributed by atoms with Gasteiger partial charge in [-0.2, -0.15) is 11.8 Å². The van der Waals surface area contributed by atoms with E-state index in [0.717, 1.165) is 38.0 Å². The predicted octanol–water partition coefficient (Wildman–Crippen LogP) is 0.910. The third-order valence-corrected chi connectivity index (χ3v) is 3.78. The van der Waals surface area contributed by atoms with E-state index in [2.05, 4.69) is 21.5 Å². The zero-order valence-corrected chi connectivity index (χ0v) is 13.2. The van der Waals surface area contributed by atoms with Gasteiger partial charge in [0.05, 0.1) is 19.8 Å². The Hall–Kier alpha value is -0.460. The molecule has 0 aromatic heterocycles. The van der Waals surface area contributed by atoms with Crippen molar-refractivity contribution in [1.82, 2.24) is 10.2 Å². The van der Waals surface area contributed by atoms with E-state index in [1.165, 1.54) is 6.42 Å². The Morgan fingerprint density at radius 2 is 2.32 bits per heavy atom. The SMILES string of the molecule is CN=C(NCCSC)N1CCC(COCCOC)C1. The standard InChI is InChI=1S/C13H27N3O2S/c1-14-13(15-5-9-19-3)16-6-4-12(10-16)11-18-8-7-17-2/h12H,4-11H2,1-3H3,(H,14,15). The van der Waals surface area contributed by atoms with Crippen LogP contribution >= 0.6 is 11.8 Å². The number of nitrogens with zero attached hydrogens (tertiary/aromatic N) is 2. The molecule has 0 radical (unpaired) electrons. The number of thioether (sulfide) groups is 1. The highest BCUT2D eigenvalue weighted by Crippen LogP contribution is 2.16. The minimum Gasteiger partial charge on any atom is -0.382 e. The summed E-state index contributed by atoms with van der Waals surface area (Å²) in [7, 11) is 3.55. The summed E-state index contributed by atoms with van der Waals surface area (Å²) in [6, 6.07) is 0. The lowest BCUT2D eigenvalue weighted by atomic mass is 10.1. The fourth-order valence-corrected chi connectivity index (χ4v) is 2.46. The van der Waals surface area contributed by atoms with Gasteiger partial charge in [0.15, 0.2) is 5.96 Å². The molecule has 0 saturated carbocycles. The van der Waals surface area contributed by atoms with Crippen molar-refractivity contribution in [2.75, 3.05) is 65.6 Å². The number of nitrogens with one attached hydrogen (secondary N) is 1. The summed E-state index contributed by atoms with van der Waals surface area (Å²) >= 11 is 1.85. The van der Waals surface area contributed by atoms with Gasteiger partial charge in [0.25, 0.3) is 0 Å². The van der Waals surface area contributed by atoms with Gasteiger partial charge in [-0.3, -0.25) is 4.99 Å². The summed E-state index contributed by atoms with van der Waals surface area (Å²) in [5, 5.41) is 3.40. The van der Waals surface area contributed by atoms with Crippen LogP contribution < -0.4 is 5.32 Å². The molecule has 1 unspecified atom stereocenters. The molecule has 0 aromatic carbocycles. The number of guanidine groups is 1. The Morgan fingerprint density at radius 1 is 1.47 bits per heavy atom. The van der Waals surface area contributed by atoms with Gasteiger partial charge in [-0.05, 0) is 12.7 Å². The fourth-order valence-electron chi connectivity index (χ4n) is 2.15. The highest BCUT2D eigenvalue weighted by Gasteiger charge is 2.24. The van der Waals surface area contributed by atoms with Crippen LogP contribution in [-0.2, 0) is 9.47 Å². The molecule has 0 aliphatic carbocycles. The Labute approximate surface area is 121 Å². The van der Waals surface area contributed by atoms with E-state index in [9.17, 15) is 0 Å². The summed E-state index contributed by atoms with van der Waals surface area (Å²) in [4.78, 5) is 6.67. The van der Waals surface area contributed by atoms with Crippen LogP contribution in [-0.4, -0.2) is 76.5 Å². The molecule has 6 heteroatoms.